The van der Waals surface area contributed by atoms with Crippen LogP contribution in [0.1, 0.15) is 37.7 Å². The molecule has 1 aromatic rings. The Labute approximate surface area is 143 Å². The Balaban J connectivity index is 1.96. The minimum atomic E-state index is -0.667. The topological polar surface area (TPSA) is 87.6 Å². The largest absolute Gasteiger partial charge is 0.492 e. The molecule has 0 heterocycles. The molecule has 2 atom stereocenters. The summed E-state index contributed by atoms with van der Waals surface area (Å²) >= 11 is 0. The van der Waals surface area contributed by atoms with Gasteiger partial charge in [-0.2, -0.15) is 0 Å². The molecule has 1 amide bonds. The highest BCUT2D eigenvalue weighted by atomic mass is 16.5. The van der Waals surface area contributed by atoms with Gasteiger partial charge in [0.25, 0.3) is 0 Å². The van der Waals surface area contributed by atoms with Crippen LogP contribution in [0.5, 0.6) is 5.75 Å². The third-order valence-corrected chi connectivity index (χ3v) is 3.91. The molecule has 5 nitrogen and oxygen atoms in total. The Hall–Kier alpha value is -2.03. The van der Waals surface area contributed by atoms with Crippen molar-refractivity contribution >= 4 is 5.91 Å². The minimum Gasteiger partial charge on any atom is -0.492 e. The molecule has 130 valence electrons. The van der Waals surface area contributed by atoms with Crippen LogP contribution in [0.2, 0.25) is 0 Å². The number of carbonyl (C=O) groups is 1. The van der Waals surface area contributed by atoms with Gasteiger partial charge >= 0.3 is 0 Å². The van der Waals surface area contributed by atoms with Crippen molar-refractivity contribution in [3.63, 3.8) is 0 Å². The van der Waals surface area contributed by atoms with Crippen molar-refractivity contribution in [3.05, 3.63) is 29.8 Å². The molecule has 0 spiro atoms. The zero-order valence-electron chi connectivity index (χ0n) is 14.0. The molecular formula is C19H26N2O3. The van der Waals surface area contributed by atoms with Crippen molar-refractivity contribution in [2.24, 2.45) is 11.5 Å². The fraction of sp³-hybridized carbons (Fsp3) is 0.526. The smallest absolute Gasteiger partial charge is 0.246 e. The lowest BCUT2D eigenvalue weighted by molar-refractivity contribution is -0.131. The van der Waals surface area contributed by atoms with Crippen LogP contribution in [0.15, 0.2) is 24.3 Å². The maximum absolute atomic E-state index is 11.8. The molecule has 0 bridgehead atoms. The fourth-order valence-electron chi connectivity index (χ4n) is 2.61. The van der Waals surface area contributed by atoms with Crippen molar-refractivity contribution in [1.82, 2.24) is 0 Å². The SMILES string of the molecule is NCCOc1ccc(CC(OC2C#CCCCCC2)C(N)=O)cc1. The van der Waals surface area contributed by atoms with Crippen molar-refractivity contribution in [3.8, 4) is 17.6 Å². The molecule has 5 heteroatoms. The summed E-state index contributed by atoms with van der Waals surface area (Å²) in [5.41, 5.74) is 11.9. The highest BCUT2D eigenvalue weighted by Gasteiger charge is 2.21. The monoisotopic (exact) mass is 330 g/mol. The van der Waals surface area contributed by atoms with E-state index in [9.17, 15) is 4.79 Å². The van der Waals surface area contributed by atoms with E-state index in [-0.39, 0.29) is 6.10 Å². The van der Waals surface area contributed by atoms with Gasteiger partial charge in [0.15, 0.2) is 0 Å². The van der Waals surface area contributed by atoms with Crippen LogP contribution in [-0.2, 0) is 16.0 Å². The number of benzene rings is 1. The molecule has 24 heavy (non-hydrogen) atoms. The third-order valence-electron chi connectivity index (χ3n) is 3.91. The number of primary amides is 1. The molecule has 0 saturated carbocycles. The van der Waals surface area contributed by atoms with Crippen molar-refractivity contribution < 1.29 is 14.3 Å². The zero-order chi connectivity index (χ0) is 17.2. The van der Waals surface area contributed by atoms with E-state index in [0.29, 0.717) is 19.6 Å². The van der Waals surface area contributed by atoms with Gasteiger partial charge in [0.05, 0.1) is 0 Å². The lowest BCUT2D eigenvalue weighted by Gasteiger charge is -2.20. The van der Waals surface area contributed by atoms with Crippen LogP contribution in [0.3, 0.4) is 0 Å². The van der Waals surface area contributed by atoms with Gasteiger partial charge in [0, 0.05) is 19.4 Å². The number of rotatable bonds is 8. The molecule has 0 radical (unpaired) electrons. The summed E-state index contributed by atoms with van der Waals surface area (Å²) in [4.78, 5) is 11.8. The first kappa shape index (κ1) is 18.3. The van der Waals surface area contributed by atoms with Crippen LogP contribution in [0.25, 0.3) is 0 Å². The van der Waals surface area contributed by atoms with E-state index in [4.69, 9.17) is 20.9 Å². The number of hydrogen-bond acceptors (Lipinski definition) is 4. The standard InChI is InChI=1S/C19H26N2O3/c20-12-13-23-16-10-8-15(9-11-16)14-18(19(21)22)24-17-6-4-2-1-3-5-7-17/h8-11,17-18H,1-4,6,12-14,20H2,(H2,21,22). The highest BCUT2D eigenvalue weighted by Crippen LogP contribution is 2.17. The molecule has 0 fully saturated rings. The van der Waals surface area contributed by atoms with E-state index >= 15 is 0 Å². The summed E-state index contributed by atoms with van der Waals surface area (Å²) in [6, 6.07) is 7.54. The van der Waals surface area contributed by atoms with Gasteiger partial charge in [-0.25, -0.2) is 0 Å². The second-order valence-electron chi connectivity index (χ2n) is 5.92. The molecule has 1 aliphatic carbocycles. The highest BCUT2D eigenvalue weighted by molar-refractivity contribution is 5.79. The molecule has 0 aliphatic heterocycles. The number of hydrogen-bond donors (Lipinski definition) is 2. The van der Waals surface area contributed by atoms with Crippen LogP contribution < -0.4 is 16.2 Å². The molecule has 2 unspecified atom stereocenters. The van der Waals surface area contributed by atoms with E-state index in [1.165, 1.54) is 0 Å². The molecular weight excluding hydrogens is 304 g/mol. The maximum atomic E-state index is 11.8. The first-order chi connectivity index (χ1) is 11.7. The lowest BCUT2D eigenvalue weighted by atomic mass is 10.0. The van der Waals surface area contributed by atoms with Crippen LogP contribution >= 0.6 is 0 Å². The molecule has 0 aromatic heterocycles. The average molecular weight is 330 g/mol. The van der Waals surface area contributed by atoms with Gasteiger partial charge < -0.3 is 20.9 Å². The molecule has 0 saturated heterocycles. The zero-order valence-corrected chi connectivity index (χ0v) is 14.0. The van der Waals surface area contributed by atoms with Gasteiger partial charge in [-0.05, 0) is 37.0 Å². The quantitative estimate of drug-likeness (QED) is 0.711. The van der Waals surface area contributed by atoms with E-state index in [1.807, 2.05) is 24.3 Å². The summed E-state index contributed by atoms with van der Waals surface area (Å²) in [7, 11) is 0. The first-order valence-corrected chi connectivity index (χ1v) is 8.54. The summed E-state index contributed by atoms with van der Waals surface area (Å²) < 4.78 is 11.3. The fourth-order valence-corrected chi connectivity index (χ4v) is 2.61. The van der Waals surface area contributed by atoms with E-state index < -0.39 is 12.0 Å². The molecule has 4 N–H and O–H groups in total. The Morgan fingerprint density at radius 3 is 2.75 bits per heavy atom. The van der Waals surface area contributed by atoms with Crippen molar-refractivity contribution in [1.29, 1.82) is 0 Å². The number of amides is 1. The Kier molecular flexibility index (Phi) is 7.60. The van der Waals surface area contributed by atoms with Gasteiger partial charge in [0.1, 0.15) is 24.6 Å². The van der Waals surface area contributed by atoms with Gasteiger partial charge in [-0.15, -0.1) is 5.92 Å². The van der Waals surface area contributed by atoms with E-state index in [2.05, 4.69) is 11.8 Å². The summed E-state index contributed by atoms with van der Waals surface area (Å²) in [5, 5.41) is 0. The minimum absolute atomic E-state index is 0.213. The number of nitrogens with two attached hydrogens (primary N) is 2. The maximum Gasteiger partial charge on any atom is 0.246 e. The van der Waals surface area contributed by atoms with Crippen LogP contribution in [0, 0.1) is 11.8 Å². The van der Waals surface area contributed by atoms with Crippen LogP contribution in [-0.4, -0.2) is 31.3 Å². The van der Waals surface area contributed by atoms with Crippen molar-refractivity contribution in [2.45, 2.75) is 50.7 Å². The predicted octanol–water partition coefficient (Wildman–Crippen LogP) is 1.77. The predicted molar refractivity (Wildman–Crippen MR) is 93.4 cm³/mol. The molecule has 1 aliphatic rings. The van der Waals surface area contributed by atoms with E-state index in [1.54, 1.807) is 0 Å². The van der Waals surface area contributed by atoms with Gasteiger partial charge in [-0.3, -0.25) is 4.79 Å². The second kappa shape index (κ2) is 9.96. The van der Waals surface area contributed by atoms with E-state index in [0.717, 1.165) is 43.4 Å². The molecule has 1 aromatic carbocycles. The van der Waals surface area contributed by atoms with Crippen LogP contribution in [0.4, 0.5) is 0 Å². The Morgan fingerprint density at radius 2 is 2.04 bits per heavy atom. The summed E-state index contributed by atoms with van der Waals surface area (Å²) in [6.45, 7) is 0.953. The second-order valence-corrected chi connectivity index (χ2v) is 5.92. The third kappa shape index (κ3) is 6.23. The van der Waals surface area contributed by atoms with Gasteiger partial charge in [-0.1, -0.05) is 24.5 Å². The first-order valence-electron chi connectivity index (χ1n) is 8.54. The number of carbonyl (C=O) groups excluding carboxylic acids is 1. The normalized spacial score (nSPS) is 18.6. The lowest BCUT2D eigenvalue weighted by Crippen LogP contribution is -2.36. The van der Waals surface area contributed by atoms with Gasteiger partial charge in [0.2, 0.25) is 5.91 Å². The Morgan fingerprint density at radius 1 is 1.25 bits per heavy atom. The van der Waals surface area contributed by atoms with Crippen molar-refractivity contribution in [2.75, 3.05) is 13.2 Å². The Bertz CT molecular complexity index is 575. The number of ether oxygens (including phenoxy) is 2. The average Bonchev–Trinajstić information content (AvgIpc) is 2.55. The molecule has 2 rings (SSSR count). The summed E-state index contributed by atoms with van der Waals surface area (Å²) in [6.07, 6.45) is 4.66. The summed E-state index contributed by atoms with van der Waals surface area (Å²) in [5.74, 6) is 6.53.